The Morgan fingerprint density at radius 3 is 2.73 bits per heavy atom. The summed E-state index contributed by atoms with van der Waals surface area (Å²) in [4.78, 5) is 31.3. The molecule has 224 valence electrons. The van der Waals surface area contributed by atoms with E-state index in [9.17, 15) is 14.0 Å². The zero-order valence-corrected chi connectivity index (χ0v) is 26.9. The fourth-order valence-electron chi connectivity index (χ4n) is 6.75. The van der Waals surface area contributed by atoms with Gasteiger partial charge in [0.2, 0.25) is 0 Å². The first-order chi connectivity index (χ1) is 19.1. The van der Waals surface area contributed by atoms with Gasteiger partial charge >= 0.3 is 5.97 Å². The topological polar surface area (TPSA) is 87.2 Å². The molecule has 0 spiro atoms. The highest BCUT2D eigenvalue weighted by Gasteiger charge is 2.40. The summed E-state index contributed by atoms with van der Waals surface area (Å²) in [5.74, 6) is 0.588. The van der Waals surface area contributed by atoms with Gasteiger partial charge in [0, 0.05) is 47.0 Å². The van der Waals surface area contributed by atoms with Gasteiger partial charge in [0.15, 0.2) is 5.58 Å². The van der Waals surface area contributed by atoms with E-state index in [0.717, 1.165) is 98.9 Å². The van der Waals surface area contributed by atoms with Crippen molar-refractivity contribution in [3.8, 4) is 0 Å². The SMILES string of the molecule is CCCC(C)(C)C(=O)OCC1(CCc2c(C)nc3n(c2=O)CCCC3)CCC(c2noc3cc(F)ccc23)CC1.[I-]. The van der Waals surface area contributed by atoms with Gasteiger partial charge < -0.3 is 33.2 Å². The largest absolute Gasteiger partial charge is 1.00 e. The molecule has 1 aliphatic carbocycles. The van der Waals surface area contributed by atoms with E-state index in [1.54, 1.807) is 6.07 Å². The maximum atomic E-state index is 13.7. The van der Waals surface area contributed by atoms with Crippen LogP contribution in [0.1, 0.15) is 107 Å². The molecule has 1 fully saturated rings. The van der Waals surface area contributed by atoms with Crippen LogP contribution in [0.4, 0.5) is 4.39 Å². The Morgan fingerprint density at radius 2 is 2.00 bits per heavy atom. The van der Waals surface area contributed by atoms with Crippen molar-refractivity contribution < 1.29 is 42.4 Å². The molecule has 0 saturated heterocycles. The molecule has 0 atom stereocenters. The van der Waals surface area contributed by atoms with E-state index in [1.165, 1.54) is 12.1 Å². The summed E-state index contributed by atoms with van der Waals surface area (Å²) in [6.45, 7) is 9.00. The predicted molar refractivity (Wildman–Crippen MR) is 152 cm³/mol. The van der Waals surface area contributed by atoms with Crippen LogP contribution in [-0.2, 0) is 28.9 Å². The van der Waals surface area contributed by atoms with Gasteiger partial charge in [0.05, 0.1) is 17.7 Å². The van der Waals surface area contributed by atoms with Gasteiger partial charge in [0.1, 0.15) is 11.6 Å². The number of aryl methyl sites for hydroxylation is 2. The molecule has 5 rings (SSSR count). The number of benzene rings is 1. The van der Waals surface area contributed by atoms with E-state index in [-0.39, 0.29) is 52.7 Å². The van der Waals surface area contributed by atoms with E-state index in [1.807, 2.05) is 25.3 Å². The smallest absolute Gasteiger partial charge is 0.311 e. The molecule has 0 unspecified atom stereocenters. The van der Waals surface area contributed by atoms with E-state index in [2.05, 4.69) is 12.1 Å². The van der Waals surface area contributed by atoms with Crippen LogP contribution in [0.2, 0.25) is 0 Å². The Hall–Kier alpha value is -2.30. The van der Waals surface area contributed by atoms with Crippen molar-refractivity contribution in [2.24, 2.45) is 10.8 Å². The van der Waals surface area contributed by atoms with Crippen LogP contribution < -0.4 is 29.5 Å². The zero-order chi connectivity index (χ0) is 28.5. The first-order valence-corrected chi connectivity index (χ1v) is 14.9. The molecule has 0 amide bonds. The lowest BCUT2D eigenvalue weighted by Gasteiger charge is -2.40. The maximum absolute atomic E-state index is 13.7. The average Bonchev–Trinajstić information content (AvgIpc) is 3.35. The summed E-state index contributed by atoms with van der Waals surface area (Å²) in [6, 6.07) is 4.57. The lowest BCUT2D eigenvalue weighted by molar-refractivity contribution is -0.159. The number of fused-ring (bicyclic) bond motifs is 2. The minimum atomic E-state index is -0.528. The Balaban J connectivity index is 0.00000387. The molecule has 41 heavy (non-hydrogen) atoms. The van der Waals surface area contributed by atoms with Gasteiger partial charge in [-0.1, -0.05) is 18.5 Å². The molecular weight excluding hydrogens is 636 g/mol. The number of carbonyl (C=O) groups is 1. The molecule has 7 nitrogen and oxygen atoms in total. The summed E-state index contributed by atoms with van der Waals surface area (Å²) in [6.07, 6.45) is 9.39. The minimum Gasteiger partial charge on any atom is -1.00 e. The summed E-state index contributed by atoms with van der Waals surface area (Å²) >= 11 is 0. The minimum absolute atomic E-state index is 0. The standard InChI is InChI=1S/C32H42FN3O4.HI/c1-5-14-31(3,4)30(38)39-20-32(17-13-24-21(2)34-27-8-6-7-18-36(27)29(24)37)15-11-22(12-16-32)28-25-10-9-23(33)19-26(25)40-35-28;/h9-10,19,22H,5-8,11-18,20H2,1-4H3;1H/p-1. The first-order valence-electron chi connectivity index (χ1n) is 14.9. The summed E-state index contributed by atoms with van der Waals surface area (Å²) in [5.41, 5.74) is 2.28. The molecule has 3 heterocycles. The quantitative estimate of drug-likeness (QED) is 0.253. The van der Waals surface area contributed by atoms with Crippen molar-refractivity contribution in [2.75, 3.05) is 6.61 Å². The number of aromatic nitrogens is 3. The van der Waals surface area contributed by atoms with Crippen LogP contribution in [0.25, 0.3) is 11.0 Å². The van der Waals surface area contributed by atoms with Crippen molar-refractivity contribution >= 4 is 16.9 Å². The Morgan fingerprint density at radius 1 is 1.24 bits per heavy atom. The molecule has 3 aromatic rings. The van der Waals surface area contributed by atoms with Crippen molar-refractivity contribution in [3.05, 3.63) is 57.1 Å². The molecule has 1 saturated carbocycles. The number of nitrogens with zero attached hydrogens (tertiary/aromatic N) is 3. The zero-order valence-electron chi connectivity index (χ0n) is 24.7. The molecule has 1 aromatic carbocycles. The fraction of sp³-hybridized carbons (Fsp3) is 0.625. The van der Waals surface area contributed by atoms with Crippen LogP contribution in [0.5, 0.6) is 0 Å². The third kappa shape index (κ3) is 6.70. The second-order valence-corrected chi connectivity index (χ2v) is 12.7. The van der Waals surface area contributed by atoms with Crippen LogP contribution in [-0.4, -0.2) is 27.3 Å². The monoisotopic (exact) mass is 678 g/mol. The van der Waals surface area contributed by atoms with Gasteiger partial charge in [-0.15, -0.1) is 0 Å². The van der Waals surface area contributed by atoms with Crippen LogP contribution in [0, 0.1) is 23.6 Å². The van der Waals surface area contributed by atoms with E-state index in [0.29, 0.717) is 18.6 Å². The van der Waals surface area contributed by atoms with Gasteiger partial charge in [-0.2, -0.15) is 0 Å². The van der Waals surface area contributed by atoms with Crippen molar-refractivity contribution in [2.45, 2.75) is 111 Å². The van der Waals surface area contributed by atoms with Crippen molar-refractivity contribution in [1.82, 2.24) is 14.7 Å². The average molecular weight is 679 g/mol. The van der Waals surface area contributed by atoms with Crippen LogP contribution >= 0.6 is 0 Å². The van der Waals surface area contributed by atoms with Crippen LogP contribution in [0.3, 0.4) is 0 Å². The number of hydrogen-bond acceptors (Lipinski definition) is 6. The van der Waals surface area contributed by atoms with E-state index < -0.39 is 5.41 Å². The third-order valence-corrected chi connectivity index (χ3v) is 9.32. The lowest BCUT2D eigenvalue weighted by atomic mass is 9.67. The van der Waals surface area contributed by atoms with Crippen molar-refractivity contribution in [3.63, 3.8) is 0 Å². The number of esters is 1. The lowest BCUT2D eigenvalue weighted by Crippen LogP contribution is -3.00. The molecule has 0 bridgehead atoms. The number of rotatable bonds is 9. The third-order valence-electron chi connectivity index (χ3n) is 9.32. The molecule has 0 N–H and O–H groups in total. The first kappa shape index (κ1) is 31.6. The van der Waals surface area contributed by atoms with Crippen LogP contribution in [0.15, 0.2) is 27.5 Å². The number of halogens is 2. The number of hydrogen-bond donors (Lipinski definition) is 0. The van der Waals surface area contributed by atoms with Gasteiger partial charge in [-0.25, -0.2) is 9.37 Å². The summed E-state index contributed by atoms with van der Waals surface area (Å²) < 4.78 is 27.0. The van der Waals surface area contributed by atoms with Gasteiger partial charge in [-0.05, 0) is 90.7 Å². The van der Waals surface area contributed by atoms with E-state index >= 15 is 0 Å². The Kier molecular flexibility index (Phi) is 9.96. The molecule has 2 aliphatic rings. The number of carbonyl (C=O) groups excluding carboxylic acids is 1. The van der Waals surface area contributed by atoms with E-state index in [4.69, 9.17) is 14.2 Å². The molecular formula is C32H42FIN3O4-. The molecule has 1 aliphatic heterocycles. The van der Waals surface area contributed by atoms with Gasteiger partial charge in [-0.3, -0.25) is 14.2 Å². The Labute approximate surface area is 258 Å². The van der Waals surface area contributed by atoms with Crippen molar-refractivity contribution in [1.29, 1.82) is 0 Å². The highest BCUT2D eigenvalue weighted by Crippen LogP contribution is 2.47. The fourth-order valence-corrected chi connectivity index (χ4v) is 6.75. The normalized spacial score (nSPS) is 20.9. The summed E-state index contributed by atoms with van der Waals surface area (Å²) in [7, 11) is 0. The molecule has 2 aromatic heterocycles. The highest BCUT2D eigenvalue weighted by atomic mass is 127. The van der Waals surface area contributed by atoms with Gasteiger partial charge in [0.25, 0.3) is 5.56 Å². The Bertz CT molecular complexity index is 1440. The second kappa shape index (κ2) is 12.9. The number of ether oxygens (including phenoxy) is 1. The molecule has 0 radical (unpaired) electrons. The summed E-state index contributed by atoms with van der Waals surface area (Å²) in [5, 5.41) is 5.17. The second-order valence-electron chi connectivity index (χ2n) is 12.7. The highest BCUT2D eigenvalue weighted by molar-refractivity contribution is 5.80. The predicted octanol–water partition coefficient (Wildman–Crippen LogP) is 3.82. The maximum Gasteiger partial charge on any atom is 0.311 e. The molecule has 9 heteroatoms.